The summed E-state index contributed by atoms with van der Waals surface area (Å²) in [6, 6.07) is 11.4. The van der Waals surface area contributed by atoms with Crippen LogP contribution in [-0.2, 0) is 0 Å². The topological polar surface area (TPSA) is 56.2 Å². The molecular formula is C12H10N4O. The van der Waals surface area contributed by atoms with Crippen LogP contribution >= 0.6 is 0 Å². The molecule has 5 heteroatoms. The standard InChI is InChI=1S/C12H10N4O/c1-13-12(11-7-4-8-17-11)16-10-6-3-2-5-9(10)14-15-16/h2-8H,1H3. The molecule has 0 saturated carbocycles. The van der Waals surface area contributed by atoms with Gasteiger partial charge < -0.3 is 4.42 Å². The monoisotopic (exact) mass is 226 g/mol. The molecule has 0 N–H and O–H groups in total. The fourth-order valence-electron chi connectivity index (χ4n) is 1.74. The molecule has 0 radical (unpaired) electrons. The van der Waals surface area contributed by atoms with Gasteiger partial charge in [-0.2, -0.15) is 4.68 Å². The fraction of sp³-hybridized carbons (Fsp3) is 0.0833. The van der Waals surface area contributed by atoms with Crippen molar-refractivity contribution < 1.29 is 4.42 Å². The average Bonchev–Trinajstić information content (AvgIpc) is 3.01. The van der Waals surface area contributed by atoms with E-state index in [0.29, 0.717) is 11.6 Å². The summed E-state index contributed by atoms with van der Waals surface area (Å²) in [5.74, 6) is 1.31. The number of hydrogen-bond donors (Lipinski definition) is 0. The molecule has 0 amide bonds. The third-order valence-corrected chi connectivity index (χ3v) is 2.51. The minimum atomic E-state index is 0.642. The highest BCUT2D eigenvalue weighted by atomic mass is 16.3. The van der Waals surface area contributed by atoms with Crippen molar-refractivity contribution >= 4 is 16.9 Å². The zero-order valence-electron chi connectivity index (χ0n) is 9.24. The molecule has 84 valence electrons. The van der Waals surface area contributed by atoms with Crippen LogP contribution < -0.4 is 0 Å². The summed E-state index contributed by atoms with van der Waals surface area (Å²) in [5, 5.41) is 8.19. The Balaban J connectivity index is 2.21. The van der Waals surface area contributed by atoms with Gasteiger partial charge in [-0.1, -0.05) is 17.3 Å². The molecule has 0 unspecified atom stereocenters. The van der Waals surface area contributed by atoms with Crippen LogP contribution in [0.4, 0.5) is 0 Å². The number of aromatic nitrogens is 3. The predicted octanol–water partition coefficient (Wildman–Crippen LogP) is 1.95. The highest BCUT2D eigenvalue weighted by Gasteiger charge is 2.13. The molecule has 3 aromatic rings. The number of furan rings is 1. The normalized spacial score (nSPS) is 12.2. The highest BCUT2D eigenvalue weighted by Crippen LogP contribution is 2.13. The molecule has 2 heterocycles. The first-order valence-electron chi connectivity index (χ1n) is 5.21. The van der Waals surface area contributed by atoms with E-state index in [1.54, 1.807) is 18.0 Å². The van der Waals surface area contributed by atoms with E-state index in [-0.39, 0.29) is 0 Å². The van der Waals surface area contributed by atoms with Crippen molar-refractivity contribution in [3.63, 3.8) is 0 Å². The summed E-state index contributed by atoms with van der Waals surface area (Å²) >= 11 is 0. The Bertz CT molecular complexity index is 667. The first kappa shape index (κ1) is 9.77. The summed E-state index contributed by atoms with van der Waals surface area (Å²) in [4.78, 5) is 4.21. The average molecular weight is 226 g/mol. The maximum Gasteiger partial charge on any atom is 0.194 e. The van der Waals surface area contributed by atoms with Crippen molar-refractivity contribution in [1.29, 1.82) is 0 Å². The van der Waals surface area contributed by atoms with Gasteiger partial charge >= 0.3 is 0 Å². The maximum absolute atomic E-state index is 5.34. The van der Waals surface area contributed by atoms with Gasteiger partial charge in [0.05, 0.1) is 11.8 Å². The van der Waals surface area contributed by atoms with Gasteiger partial charge in [-0.15, -0.1) is 5.10 Å². The number of aliphatic imine (C=N–C) groups is 1. The summed E-state index contributed by atoms with van der Waals surface area (Å²) in [6.07, 6.45) is 1.61. The van der Waals surface area contributed by atoms with Gasteiger partial charge in [0.1, 0.15) is 5.52 Å². The number of rotatable bonds is 1. The van der Waals surface area contributed by atoms with Gasteiger partial charge in [0.25, 0.3) is 0 Å². The zero-order valence-corrected chi connectivity index (χ0v) is 9.24. The molecule has 0 spiro atoms. The second-order valence-electron chi connectivity index (χ2n) is 3.51. The van der Waals surface area contributed by atoms with Crippen LogP contribution in [0.3, 0.4) is 0 Å². The Hall–Kier alpha value is -2.43. The van der Waals surface area contributed by atoms with E-state index in [1.807, 2.05) is 36.4 Å². The van der Waals surface area contributed by atoms with Crippen molar-refractivity contribution in [2.45, 2.75) is 0 Å². The Labute approximate surface area is 97.4 Å². The number of nitrogens with zero attached hydrogens (tertiary/aromatic N) is 4. The second kappa shape index (κ2) is 3.86. The minimum absolute atomic E-state index is 0.642. The van der Waals surface area contributed by atoms with Gasteiger partial charge in [0.15, 0.2) is 11.6 Å². The molecule has 0 fully saturated rings. The molecule has 2 aromatic heterocycles. The van der Waals surface area contributed by atoms with Crippen LogP contribution in [0.2, 0.25) is 0 Å². The number of fused-ring (bicyclic) bond motifs is 1. The third kappa shape index (κ3) is 1.52. The SMILES string of the molecule is CN=C(c1ccco1)n1nnc2ccccc21. The summed E-state index contributed by atoms with van der Waals surface area (Å²) in [7, 11) is 1.70. The lowest BCUT2D eigenvalue weighted by molar-refractivity contribution is 0.552. The number of benzene rings is 1. The number of hydrogen-bond acceptors (Lipinski definition) is 4. The van der Waals surface area contributed by atoms with Crippen molar-refractivity contribution in [2.75, 3.05) is 7.05 Å². The van der Waals surface area contributed by atoms with E-state index in [4.69, 9.17) is 4.42 Å². The van der Waals surface area contributed by atoms with Crippen LogP contribution in [-0.4, -0.2) is 27.9 Å². The van der Waals surface area contributed by atoms with E-state index in [2.05, 4.69) is 15.3 Å². The quantitative estimate of drug-likeness (QED) is 0.470. The summed E-state index contributed by atoms with van der Waals surface area (Å²) < 4.78 is 7.01. The molecule has 17 heavy (non-hydrogen) atoms. The van der Waals surface area contributed by atoms with Crippen molar-refractivity contribution in [3.8, 4) is 0 Å². The molecule has 3 rings (SSSR count). The minimum Gasteiger partial charge on any atom is -0.461 e. The molecule has 5 nitrogen and oxygen atoms in total. The highest BCUT2D eigenvalue weighted by molar-refractivity contribution is 6.01. The van der Waals surface area contributed by atoms with E-state index >= 15 is 0 Å². The molecule has 1 aromatic carbocycles. The zero-order chi connectivity index (χ0) is 11.7. The van der Waals surface area contributed by atoms with Crippen LogP contribution in [0.15, 0.2) is 52.1 Å². The Morgan fingerprint density at radius 2 is 2.12 bits per heavy atom. The van der Waals surface area contributed by atoms with Gasteiger partial charge in [-0.3, -0.25) is 4.99 Å². The van der Waals surface area contributed by atoms with E-state index in [1.165, 1.54) is 0 Å². The van der Waals surface area contributed by atoms with E-state index in [0.717, 1.165) is 11.0 Å². The lowest BCUT2D eigenvalue weighted by Crippen LogP contribution is -2.14. The van der Waals surface area contributed by atoms with Crippen LogP contribution in [0.25, 0.3) is 11.0 Å². The van der Waals surface area contributed by atoms with Gasteiger partial charge in [-0.25, -0.2) is 0 Å². The third-order valence-electron chi connectivity index (χ3n) is 2.51. The van der Waals surface area contributed by atoms with Gasteiger partial charge in [-0.05, 0) is 24.3 Å². The van der Waals surface area contributed by atoms with Crippen LogP contribution in [0, 0.1) is 0 Å². The largest absolute Gasteiger partial charge is 0.461 e. The van der Waals surface area contributed by atoms with Crippen molar-refractivity contribution in [2.24, 2.45) is 4.99 Å². The molecule has 0 aliphatic heterocycles. The van der Waals surface area contributed by atoms with E-state index in [9.17, 15) is 0 Å². The second-order valence-corrected chi connectivity index (χ2v) is 3.51. The van der Waals surface area contributed by atoms with Crippen molar-refractivity contribution in [3.05, 3.63) is 48.4 Å². The maximum atomic E-state index is 5.34. The molecule has 0 saturated heterocycles. The fourth-order valence-corrected chi connectivity index (χ4v) is 1.74. The van der Waals surface area contributed by atoms with Crippen molar-refractivity contribution in [1.82, 2.24) is 15.0 Å². The summed E-state index contributed by atoms with van der Waals surface area (Å²) in [5.41, 5.74) is 1.74. The molecule has 0 bridgehead atoms. The Morgan fingerprint density at radius 1 is 1.24 bits per heavy atom. The molecule has 0 aliphatic carbocycles. The molecular weight excluding hydrogens is 216 g/mol. The number of para-hydroxylation sites is 1. The Kier molecular flexibility index (Phi) is 2.22. The first-order chi connectivity index (χ1) is 8.40. The van der Waals surface area contributed by atoms with Gasteiger partial charge in [0, 0.05) is 7.05 Å². The predicted molar refractivity (Wildman–Crippen MR) is 64.1 cm³/mol. The van der Waals surface area contributed by atoms with Crippen LogP contribution in [0.1, 0.15) is 5.76 Å². The first-order valence-corrected chi connectivity index (χ1v) is 5.21. The van der Waals surface area contributed by atoms with E-state index < -0.39 is 0 Å². The molecule has 0 atom stereocenters. The summed E-state index contributed by atoms with van der Waals surface area (Å²) in [6.45, 7) is 0. The van der Waals surface area contributed by atoms with Gasteiger partial charge in [0.2, 0.25) is 0 Å². The lowest BCUT2D eigenvalue weighted by Gasteiger charge is -2.02. The Morgan fingerprint density at radius 3 is 2.88 bits per heavy atom. The smallest absolute Gasteiger partial charge is 0.194 e. The van der Waals surface area contributed by atoms with Crippen LogP contribution in [0.5, 0.6) is 0 Å². The molecule has 0 aliphatic rings. The lowest BCUT2D eigenvalue weighted by atomic mass is 10.3.